The molecule has 0 aliphatic carbocycles. The molecule has 2 amide bonds. The fourth-order valence-corrected chi connectivity index (χ4v) is 2.94. The number of carbonyl (C=O) groups is 1. The highest BCUT2D eigenvalue weighted by Crippen LogP contribution is 2.18. The Balaban J connectivity index is 1.62. The number of carbonyl (C=O) groups excluding carboxylic acids is 1. The van der Waals surface area contributed by atoms with E-state index < -0.39 is 0 Å². The number of rotatable bonds is 2. The SMILES string of the molecule is Cc1ccc(Br)c(CNC(=O)N2CCn3nc(C)nc3C2)c1. The molecule has 1 aliphatic rings. The van der Waals surface area contributed by atoms with Gasteiger partial charge in [0.1, 0.15) is 11.6 Å². The molecule has 0 spiro atoms. The van der Waals surface area contributed by atoms with E-state index in [-0.39, 0.29) is 6.03 Å². The molecule has 0 saturated heterocycles. The van der Waals surface area contributed by atoms with E-state index in [0.717, 1.165) is 21.7 Å². The molecule has 6 nitrogen and oxygen atoms in total. The maximum absolute atomic E-state index is 12.3. The Morgan fingerprint density at radius 2 is 2.18 bits per heavy atom. The van der Waals surface area contributed by atoms with E-state index in [2.05, 4.69) is 37.4 Å². The minimum absolute atomic E-state index is 0.0692. The van der Waals surface area contributed by atoms with Crippen LogP contribution in [-0.2, 0) is 19.6 Å². The Morgan fingerprint density at radius 3 is 3.00 bits per heavy atom. The first kappa shape index (κ1) is 15.0. The number of fused-ring (bicyclic) bond motifs is 1. The van der Waals surface area contributed by atoms with Crippen LogP contribution >= 0.6 is 15.9 Å². The summed E-state index contributed by atoms with van der Waals surface area (Å²) in [5.74, 6) is 1.59. The first-order chi connectivity index (χ1) is 10.5. The van der Waals surface area contributed by atoms with Crippen molar-refractivity contribution in [2.24, 2.45) is 0 Å². The van der Waals surface area contributed by atoms with Crippen molar-refractivity contribution in [2.75, 3.05) is 6.54 Å². The Hall–Kier alpha value is -1.89. The van der Waals surface area contributed by atoms with Crippen molar-refractivity contribution >= 4 is 22.0 Å². The standard InChI is InChI=1S/C15H18BrN5O/c1-10-3-4-13(16)12(7-10)8-17-15(22)20-5-6-21-14(9-20)18-11(2)19-21/h3-4,7H,5-6,8-9H2,1-2H3,(H,17,22). The first-order valence-corrected chi connectivity index (χ1v) is 8.00. The molecule has 0 atom stereocenters. The summed E-state index contributed by atoms with van der Waals surface area (Å²) in [6, 6.07) is 6.04. The van der Waals surface area contributed by atoms with Crippen LogP contribution in [0.3, 0.4) is 0 Å². The van der Waals surface area contributed by atoms with Crippen LogP contribution in [0.5, 0.6) is 0 Å². The van der Waals surface area contributed by atoms with Crippen LogP contribution in [0.4, 0.5) is 4.79 Å². The van der Waals surface area contributed by atoms with E-state index in [1.54, 1.807) is 4.90 Å². The van der Waals surface area contributed by atoms with E-state index in [4.69, 9.17) is 0 Å². The van der Waals surface area contributed by atoms with Gasteiger partial charge in [-0.25, -0.2) is 14.5 Å². The van der Waals surface area contributed by atoms with Crippen LogP contribution in [0.25, 0.3) is 0 Å². The molecule has 1 aromatic carbocycles. The molecule has 1 aromatic heterocycles. The molecule has 2 aromatic rings. The lowest BCUT2D eigenvalue weighted by Gasteiger charge is -2.27. The zero-order valence-electron chi connectivity index (χ0n) is 12.6. The van der Waals surface area contributed by atoms with Gasteiger partial charge >= 0.3 is 6.03 Å². The maximum atomic E-state index is 12.3. The van der Waals surface area contributed by atoms with Crippen molar-refractivity contribution in [1.29, 1.82) is 0 Å². The Morgan fingerprint density at radius 1 is 1.36 bits per heavy atom. The molecule has 116 valence electrons. The Labute approximate surface area is 137 Å². The minimum atomic E-state index is -0.0692. The first-order valence-electron chi connectivity index (χ1n) is 7.21. The van der Waals surface area contributed by atoms with Crippen molar-refractivity contribution < 1.29 is 4.79 Å². The number of nitrogens with one attached hydrogen (secondary N) is 1. The average Bonchev–Trinajstić information content (AvgIpc) is 2.86. The largest absolute Gasteiger partial charge is 0.334 e. The van der Waals surface area contributed by atoms with Crippen LogP contribution < -0.4 is 5.32 Å². The zero-order valence-corrected chi connectivity index (χ0v) is 14.2. The van der Waals surface area contributed by atoms with Crippen molar-refractivity contribution in [2.45, 2.75) is 33.5 Å². The number of urea groups is 1. The highest BCUT2D eigenvalue weighted by atomic mass is 79.9. The lowest BCUT2D eigenvalue weighted by molar-refractivity contribution is 0.179. The smallest absolute Gasteiger partial charge is 0.318 e. The average molecular weight is 364 g/mol. The quantitative estimate of drug-likeness (QED) is 0.890. The van der Waals surface area contributed by atoms with Gasteiger partial charge in [0, 0.05) is 17.6 Å². The molecule has 0 unspecified atom stereocenters. The predicted octanol–water partition coefficient (Wildman–Crippen LogP) is 2.38. The van der Waals surface area contributed by atoms with E-state index >= 15 is 0 Å². The molecule has 2 heterocycles. The van der Waals surface area contributed by atoms with E-state index in [1.165, 1.54) is 5.56 Å². The molecule has 22 heavy (non-hydrogen) atoms. The molecular formula is C15H18BrN5O. The normalized spacial score (nSPS) is 13.9. The van der Waals surface area contributed by atoms with Crippen molar-refractivity contribution in [3.8, 4) is 0 Å². The van der Waals surface area contributed by atoms with Gasteiger partial charge in [-0.3, -0.25) is 0 Å². The van der Waals surface area contributed by atoms with E-state index in [0.29, 0.717) is 26.2 Å². The fourth-order valence-electron chi connectivity index (χ4n) is 2.56. The molecule has 3 rings (SSSR count). The number of benzene rings is 1. The summed E-state index contributed by atoms with van der Waals surface area (Å²) in [5.41, 5.74) is 2.25. The summed E-state index contributed by atoms with van der Waals surface area (Å²) in [7, 11) is 0. The monoisotopic (exact) mass is 363 g/mol. The molecule has 0 bridgehead atoms. The zero-order chi connectivity index (χ0) is 15.7. The second-order valence-electron chi connectivity index (χ2n) is 5.47. The molecule has 0 saturated carbocycles. The third kappa shape index (κ3) is 3.14. The van der Waals surface area contributed by atoms with Crippen LogP contribution in [-0.4, -0.2) is 32.2 Å². The Kier molecular flexibility index (Phi) is 4.15. The summed E-state index contributed by atoms with van der Waals surface area (Å²) in [5, 5.41) is 7.27. The van der Waals surface area contributed by atoms with Gasteiger partial charge in [-0.15, -0.1) is 0 Å². The molecule has 0 radical (unpaired) electrons. The lowest BCUT2D eigenvalue weighted by Crippen LogP contribution is -2.44. The second-order valence-corrected chi connectivity index (χ2v) is 6.33. The van der Waals surface area contributed by atoms with Crippen molar-refractivity contribution in [3.63, 3.8) is 0 Å². The number of hydrogen-bond acceptors (Lipinski definition) is 3. The van der Waals surface area contributed by atoms with Crippen molar-refractivity contribution in [1.82, 2.24) is 25.0 Å². The van der Waals surface area contributed by atoms with E-state index in [9.17, 15) is 4.79 Å². The molecule has 0 fully saturated rings. The predicted molar refractivity (Wildman–Crippen MR) is 86.3 cm³/mol. The highest BCUT2D eigenvalue weighted by molar-refractivity contribution is 9.10. The summed E-state index contributed by atoms with van der Waals surface area (Å²) in [6.07, 6.45) is 0. The summed E-state index contributed by atoms with van der Waals surface area (Å²) >= 11 is 3.51. The molecule has 7 heteroatoms. The number of nitrogens with zero attached hydrogens (tertiary/aromatic N) is 4. The van der Waals surface area contributed by atoms with Gasteiger partial charge in [-0.05, 0) is 25.5 Å². The lowest BCUT2D eigenvalue weighted by atomic mass is 10.1. The second kappa shape index (κ2) is 6.08. The van der Waals surface area contributed by atoms with Gasteiger partial charge in [0.25, 0.3) is 0 Å². The van der Waals surface area contributed by atoms with Crippen LogP contribution in [0.15, 0.2) is 22.7 Å². The van der Waals surface area contributed by atoms with Crippen LogP contribution in [0, 0.1) is 13.8 Å². The number of aromatic nitrogens is 3. The molecular weight excluding hydrogens is 346 g/mol. The summed E-state index contributed by atoms with van der Waals surface area (Å²) in [4.78, 5) is 18.4. The van der Waals surface area contributed by atoms with Crippen LogP contribution in [0.1, 0.15) is 22.8 Å². The van der Waals surface area contributed by atoms with Gasteiger partial charge in [0.05, 0.1) is 13.1 Å². The molecule has 1 N–H and O–H groups in total. The van der Waals surface area contributed by atoms with Gasteiger partial charge in [0.15, 0.2) is 0 Å². The van der Waals surface area contributed by atoms with Gasteiger partial charge in [-0.1, -0.05) is 33.6 Å². The fraction of sp³-hybridized carbons (Fsp3) is 0.400. The highest BCUT2D eigenvalue weighted by Gasteiger charge is 2.22. The van der Waals surface area contributed by atoms with E-state index in [1.807, 2.05) is 30.7 Å². The topological polar surface area (TPSA) is 63.1 Å². The summed E-state index contributed by atoms with van der Waals surface area (Å²) < 4.78 is 2.88. The third-order valence-electron chi connectivity index (χ3n) is 3.69. The maximum Gasteiger partial charge on any atom is 0.318 e. The number of halogens is 1. The van der Waals surface area contributed by atoms with Crippen molar-refractivity contribution in [3.05, 3.63) is 45.4 Å². The minimum Gasteiger partial charge on any atom is -0.334 e. The number of hydrogen-bond donors (Lipinski definition) is 1. The third-order valence-corrected chi connectivity index (χ3v) is 4.46. The number of amides is 2. The van der Waals surface area contributed by atoms with Gasteiger partial charge in [-0.2, -0.15) is 5.10 Å². The van der Waals surface area contributed by atoms with Crippen LogP contribution in [0.2, 0.25) is 0 Å². The number of aryl methyl sites for hydroxylation is 2. The molecule has 1 aliphatic heterocycles. The van der Waals surface area contributed by atoms with Gasteiger partial charge in [0.2, 0.25) is 0 Å². The Bertz CT molecular complexity index is 712. The summed E-state index contributed by atoms with van der Waals surface area (Å²) in [6.45, 7) is 6.25. The van der Waals surface area contributed by atoms with Gasteiger partial charge < -0.3 is 10.2 Å².